The van der Waals surface area contributed by atoms with Gasteiger partial charge in [0, 0.05) is 28.0 Å². The Balaban J connectivity index is 2.06. The summed E-state index contributed by atoms with van der Waals surface area (Å²) in [5.74, 6) is 0. The van der Waals surface area contributed by atoms with Crippen LogP contribution in [0.25, 0.3) is 10.6 Å². The minimum absolute atomic E-state index is 0.0982. The van der Waals surface area contributed by atoms with Crippen molar-refractivity contribution in [2.24, 2.45) is 0 Å². The van der Waals surface area contributed by atoms with Gasteiger partial charge < -0.3 is 10.4 Å². The van der Waals surface area contributed by atoms with E-state index >= 15 is 0 Å². The number of hydrogen-bond donors (Lipinski definition) is 2. The van der Waals surface area contributed by atoms with Crippen LogP contribution in [0.2, 0.25) is 0 Å². The van der Waals surface area contributed by atoms with Crippen molar-refractivity contribution in [3.63, 3.8) is 0 Å². The van der Waals surface area contributed by atoms with Gasteiger partial charge in [0.1, 0.15) is 5.01 Å². The molecule has 0 bridgehead atoms. The van der Waals surface area contributed by atoms with Crippen LogP contribution >= 0.6 is 27.3 Å². The summed E-state index contributed by atoms with van der Waals surface area (Å²) in [5, 5.41) is 15.2. The fourth-order valence-corrected chi connectivity index (χ4v) is 2.70. The van der Waals surface area contributed by atoms with E-state index in [1.165, 1.54) is 0 Å². The number of aliphatic hydroxyl groups is 1. The third-order valence-corrected chi connectivity index (χ3v) is 3.96. The monoisotopic (exact) mass is 326 g/mol. The molecule has 0 aliphatic heterocycles. The molecule has 0 fully saturated rings. The van der Waals surface area contributed by atoms with Crippen molar-refractivity contribution in [3.05, 3.63) is 39.8 Å². The molecule has 1 heterocycles. The van der Waals surface area contributed by atoms with Gasteiger partial charge >= 0.3 is 0 Å². The summed E-state index contributed by atoms with van der Waals surface area (Å²) in [4.78, 5) is 4.58. The Kier molecular flexibility index (Phi) is 4.88. The molecular weight excluding hydrogens is 312 g/mol. The number of aromatic nitrogens is 1. The van der Waals surface area contributed by atoms with Crippen LogP contribution in [-0.4, -0.2) is 22.7 Å². The Morgan fingerprint density at radius 2 is 2.33 bits per heavy atom. The maximum atomic E-state index is 8.94. The van der Waals surface area contributed by atoms with Crippen LogP contribution in [0, 0.1) is 0 Å². The first-order chi connectivity index (χ1) is 8.69. The van der Waals surface area contributed by atoms with Crippen LogP contribution in [0.3, 0.4) is 0 Å². The van der Waals surface area contributed by atoms with Crippen LogP contribution in [-0.2, 0) is 6.54 Å². The van der Waals surface area contributed by atoms with Gasteiger partial charge in [-0.3, -0.25) is 0 Å². The van der Waals surface area contributed by atoms with Crippen LogP contribution < -0.4 is 5.32 Å². The van der Waals surface area contributed by atoms with Crippen LogP contribution in [0.5, 0.6) is 0 Å². The summed E-state index contributed by atoms with van der Waals surface area (Å²) in [6.07, 6.45) is 0. The summed E-state index contributed by atoms with van der Waals surface area (Å²) < 4.78 is 1.06. The third-order valence-electron chi connectivity index (χ3n) is 2.53. The van der Waals surface area contributed by atoms with Gasteiger partial charge in [0.05, 0.1) is 12.3 Å². The highest BCUT2D eigenvalue weighted by molar-refractivity contribution is 9.10. The Hall–Kier alpha value is -0.750. The van der Waals surface area contributed by atoms with Crippen molar-refractivity contribution < 1.29 is 5.11 Å². The maximum Gasteiger partial charge on any atom is 0.123 e. The molecule has 18 heavy (non-hydrogen) atoms. The Morgan fingerprint density at radius 1 is 1.50 bits per heavy atom. The van der Waals surface area contributed by atoms with Crippen molar-refractivity contribution in [2.45, 2.75) is 19.5 Å². The lowest BCUT2D eigenvalue weighted by Crippen LogP contribution is -2.28. The molecule has 0 unspecified atom stereocenters. The van der Waals surface area contributed by atoms with Gasteiger partial charge in [-0.05, 0) is 19.1 Å². The Bertz CT molecular complexity index is 515. The first-order valence-corrected chi connectivity index (χ1v) is 7.41. The number of benzene rings is 1. The van der Waals surface area contributed by atoms with Gasteiger partial charge in [0.25, 0.3) is 0 Å². The molecule has 2 rings (SSSR count). The fourth-order valence-electron chi connectivity index (χ4n) is 1.49. The van der Waals surface area contributed by atoms with E-state index in [1.807, 2.05) is 24.4 Å². The van der Waals surface area contributed by atoms with Gasteiger partial charge in [-0.25, -0.2) is 4.98 Å². The molecule has 96 valence electrons. The summed E-state index contributed by atoms with van der Waals surface area (Å²) in [6.45, 7) is 2.77. The van der Waals surface area contributed by atoms with Crippen molar-refractivity contribution in [3.8, 4) is 10.6 Å². The predicted molar refractivity (Wildman–Crippen MR) is 78.6 cm³/mol. The number of rotatable bonds is 5. The first kappa shape index (κ1) is 13.7. The standard InChI is InChI=1S/C13H15BrN2OS/c1-9(7-17)15-6-12-8-18-13(16-12)10-3-2-4-11(14)5-10/h2-5,8-9,15,17H,6-7H2,1H3/t9-/m1/s1. The second-order valence-corrected chi connectivity index (χ2v) is 5.89. The fraction of sp³-hybridized carbons (Fsp3) is 0.308. The number of halogens is 1. The lowest BCUT2D eigenvalue weighted by molar-refractivity contribution is 0.250. The molecule has 2 aromatic rings. The van der Waals surface area contributed by atoms with Crippen molar-refractivity contribution in [2.75, 3.05) is 6.61 Å². The van der Waals surface area contributed by atoms with Gasteiger partial charge in [0.2, 0.25) is 0 Å². The van der Waals surface area contributed by atoms with E-state index in [0.29, 0.717) is 6.54 Å². The molecule has 0 amide bonds. The molecule has 0 saturated carbocycles. The summed E-state index contributed by atoms with van der Waals surface area (Å²) in [5.41, 5.74) is 2.13. The average molecular weight is 327 g/mol. The second-order valence-electron chi connectivity index (χ2n) is 4.12. The predicted octanol–water partition coefficient (Wildman–Crippen LogP) is 3.04. The van der Waals surface area contributed by atoms with Crippen LogP contribution in [0.1, 0.15) is 12.6 Å². The zero-order valence-electron chi connectivity index (χ0n) is 10.1. The van der Waals surface area contributed by atoms with E-state index in [2.05, 4.69) is 38.4 Å². The van der Waals surface area contributed by atoms with E-state index < -0.39 is 0 Å². The molecule has 1 atom stereocenters. The molecule has 0 aliphatic carbocycles. The number of hydrogen-bond acceptors (Lipinski definition) is 4. The molecule has 2 N–H and O–H groups in total. The third kappa shape index (κ3) is 3.62. The lowest BCUT2D eigenvalue weighted by atomic mass is 10.2. The van der Waals surface area contributed by atoms with Crippen LogP contribution in [0.4, 0.5) is 0 Å². The number of nitrogens with one attached hydrogen (secondary N) is 1. The van der Waals surface area contributed by atoms with Crippen molar-refractivity contribution >= 4 is 27.3 Å². The van der Waals surface area contributed by atoms with Gasteiger partial charge in [-0.2, -0.15) is 0 Å². The minimum atomic E-state index is 0.0982. The van der Waals surface area contributed by atoms with Gasteiger partial charge in [-0.1, -0.05) is 28.1 Å². The van der Waals surface area contributed by atoms with E-state index in [9.17, 15) is 0 Å². The molecule has 0 spiro atoms. The first-order valence-electron chi connectivity index (χ1n) is 5.73. The highest BCUT2D eigenvalue weighted by atomic mass is 79.9. The number of thiazole rings is 1. The van der Waals surface area contributed by atoms with Crippen LogP contribution in [0.15, 0.2) is 34.1 Å². The quantitative estimate of drug-likeness (QED) is 0.887. The smallest absolute Gasteiger partial charge is 0.123 e. The minimum Gasteiger partial charge on any atom is -0.395 e. The SMILES string of the molecule is C[C@H](CO)NCc1csc(-c2cccc(Br)c2)n1. The average Bonchev–Trinajstić information content (AvgIpc) is 2.84. The number of aliphatic hydroxyl groups excluding tert-OH is 1. The molecule has 0 radical (unpaired) electrons. The molecular formula is C13H15BrN2OS. The van der Waals surface area contributed by atoms with Gasteiger partial charge in [-0.15, -0.1) is 11.3 Å². The zero-order chi connectivity index (χ0) is 13.0. The zero-order valence-corrected chi connectivity index (χ0v) is 12.5. The summed E-state index contributed by atoms with van der Waals surface area (Å²) in [6, 6.07) is 8.22. The molecule has 0 saturated heterocycles. The van der Waals surface area contributed by atoms with E-state index in [4.69, 9.17) is 5.11 Å². The lowest BCUT2D eigenvalue weighted by Gasteiger charge is -2.08. The van der Waals surface area contributed by atoms with Crippen molar-refractivity contribution in [1.82, 2.24) is 10.3 Å². The Labute approximate surface area is 119 Å². The number of nitrogens with zero attached hydrogens (tertiary/aromatic N) is 1. The largest absolute Gasteiger partial charge is 0.395 e. The van der Waals surface area contributed by atoms with E-state index in [-0.39, 0.29) is 12.6 Å². The molecule has 5 heteroatoms. The molecule has 1 aromatic heterocycles. The normalized spacial score (nSPS) is 12.6. The topological polar surface area (TPSA) is 45.1 Å². The Morgan fingerprint density at radius 3 is 3.06 bits per heavy atom. The van der Waals surface area contributed by atoms with Gasteiger partial charge in [0.15, 0.2) is 0 Å². The molecule has 0 aliphatic rings. The molecule has 3 nitrogen and oxygen atoms in total. The van der Waals surface area contributed by atoms with E-state index in [1.54, 1.807) is 11.3 Å². The highest BCUT2D eigenvalue weighted by Gasteiger charge is 2.06. The summed E-state index contributed by atoms with van der Waals surface area (Å²) in [7, 11) is 0. The highest BCUT2D eigenvalue weighted by Crippen LogP contribution is 2.26. The maximum absolute atomic E-state index is 8.94. The molecule has 1 aromatic carbocycles. The second kappa shape index (κ2) is 6.43. The summed E-state index contributed by atoms with van der Waals surface area (Å²) >= 11 is 5.10. The van der Waals surface area contributed by atoms with E-state index in [0.717, 1.165) is 20.7 Å². The van der Waals surface area contributed by atoms with Crippen molar-refractivity contribution in [1.29, 1.82) is 0 Å².